The van der Waals surface area contributed by atoms with Gasteiger partial charge < -0.3 is 16.2 Å². The molecule has 0 saturated heterocycles. The van der Waals surface area contributed by atoms with E-state index >= 15 is 0 Å². The number of ether oxygens (including phenoxy) is 1. The molecular formula is C16H20N2O2. The van der Waals surface area contributed by atoms with Crippen LogP contribution in [0, 0.1) is 0 Å². The summed E-state index contributed by atoms with van der Waals surface area (Å²) in [5, 5.41) is 2.23. The van der Waals surface area contributed by atoms with Crippen molar-refractivity contribution in [1.29, 1.82) is 0 Å². The molecule has 0 heterocycles. The Morgan fingerprint density at radius 3 is 2.65 bits per heavy atom. The van der Waals surface area contributed by atoms with Crippen molar-refractivity contribution in [3.8, 4) is 5.75 Å². The first-order valence-corrected chi connectivity index (χ1v) is 6.70. The van der Waals surface area contributed by atoms with Crippen molar-refractivity contribution in [2.75, 3.05) is 6.61 Å². The maximum Gasteiger partial charge on any atom is 0.237 e. The normalized spacial score (nSPS) is 13.9. The summed E-state index contributed by atoms with van der Waals surface area (Å²) in [6.07, 6.45) is 1.19. The molecule has 4 heteroatoms. The third-order valence-electron chi connectivity index (χ3n) is 3.41. The van der Waals surface area contributed by atoms with E-state index in [2.05, 4.69) is 0 Å². The zero-order chi connectivity index (χ0) is 14.6. The topological polar surface area (TPSA) is 78.3 Å². The summed E-state index contributed by atoms with van der Waals surface area (Å²) in [5.74, 6) is 0.364. The third kappa shape index (κ3) is 3.27. The second-order valence-electron chi connectivity index (χ2n) is 5.21. The number of fused-ring (bicyclic) bond motifs is 1. The fourth-order valence-electron chi connectivity index (χ4n) is 2.07. The quantitative estimate of drug-likeness (QED) is 0.791. The van der Waals surface area contributed by atoms with Gasteiger partial charge in [0.15, 0.2) is 0 Å². The molecule has 0 bridgehead atoms. The van der Waals surface area contributed by atoms with E-state index in [0.29, 0.717) is 19.4 Å². The van der Waals surface area contributed by atoms with Crippen LogP contribution in [0.1, 0.15) is 19.8 Å². The van der Waals surface area contributed by atoms with Crippen molar-refractivity contribution in [3.63, 3.8) is 0 Å². The van der Waals surface area contributed by atoms with Crippen molar-refractivity contribution < 1.29 is 9.53 Å². The van der Waals surface area contributed by atoms with Crippen molar-refractivity contribution in [1.82, 2.24) is 0 Å². The summed E-state index contributed by atoms with van der Waals surface area (Å²) in [6.45, 7) is 2.15. The number of amides is 1. The minimum atomic E-state index is -0.970. The SMILES string of the molecule is CC(N)(CCCOc1cccc2ccccc12)C(N)=O. The van der Waals surface area contributed by atoms with Gasteiger partial charge >= 0.3 is 0 Å². The summed E-state index contributed by atoms with van der Waals surface area (Å²) in [7, 11) is 0. The summed E-state index contributed by atoms with van der Waals surface area (Å²) in [6, 6.07) is 14.0. The number of rotatable bonds is 6. The van der Waals surface area contributed by atoms with Crippen LogP contribution in [-0.4, -0.2) is 18.1 Å². The molecule has 2 aromatic carbocycles. The Bertz CT molecular complexity index is 603. The number of benzene rings is 2. The predicted molar refractivity (Wildman–Crippen MR) is 80.5 cm³/mol. The van der Waals surface area contributed by atoms with Crippen LogP contribution in [0.2, 0.25) is 0 Å². The van der Waals surface area contributed by atoms with E-state index in [1.54, 1.807) is 6.92 Å². The smallest absolute Gasteiger partial charge is 0.237 e. The molecule has 1 atom stereocenters. The van der Waals surface area contributed by atoms with E-state index in [0.717, 1.165) is 16.5 Å². The molecule has 0 fully saturated rings. The van der Waals surface area contributed by atoms with Crippen molar-refractivity contribution in [2.45, 2.75) is 25.3 Å². The molecule has 0 radical (unpaired) electrons. The van der Waals surface area contributed by atoms with Crippen LogP contribution in [0.5, 0.6) is 5.75 Å². The molecule has 0 aromatic heterocycles. The number of primary amides is 1. The summed E-state index contributed by atoms with van der Waals surface area (Å²) >= 11 is 0. The van der Waals surface area contributed by atoms with Crippen LogP contribution in [0.4, 0.5) is 0 Å². The summed E-state index contributed by atoms with van der Waals surface area (Å²) in [4.78, 5) is 11.1. The third-order valence-corrected chi connectivity index (χ3v) is 3.41. The van der Waals surface area contributed by atoms with Gasteiger partial charge in [0.2, 0.25) is 5.91 Å². The average molecular weight is 272 g/mol. The van der Waals surface area contributed by atoms with Gasteiger partial charge in [-0.3, -0.25) is 4.79 Å². The highest BCUT2D eigenvalue weighted by Crippen LogP contribution is 2.25. The summed E-state index contributed by atoms with van der Waals surface area (Å²) < 4.78 is 5.79. The fourth-order valence-corrected chi connectivity index (χ4v) is 2.07. The monoisotopic (exact) mass is 272 g/mol. The molecule has 0 saturated carbocycles. The first kappa shape index (κ1) is 14.3. The molecule has 106 valence electrons. The lowest BCUT2D eigenvalue weighted by Gasteiger charge is -2.20. The molecule has 0 aliphatic rings. The Kier molecular flexibility index (Phi) is 4.25. The van der Waals surface area contributed by atoms with Gasteiger partial charge in [0.25, 0.3) is 0 Å². The Morgan fingerprint density at radius 2 is 1.90 bits per heavy atom. The summed E-state index contributed by atoms with van der Waals surface area (Å²) in [5.41, 5.74) is 10.1. The van der Waals surface area contributed by atoms with Crippen LogP contribution in [-0.2, 0) is 4.79 Å². The first-order chi connectivity index (χ1) is 9.50. The van der Waals surface area contributed by atoms with Crippen molar-refractivity contribution in [3.05, 3.63) is 42.5 Å². The van der Waals surface area contributed by atoms with Crippen LogP contribution in [0.25, 0.3) is 10.8 Å². The molecule has 20 heavy (non-hydrogen) atoms. The van der Waals surface area contributed by atoms with E-state index in [9.17, 15) is 4.79 Å². The average Bonchev–Trinajstić information content (AvgIpc) is 2.43. The zero-order valence-corrected chi connectivity index (χ0v) is 11.6. The molecule has 1 amide bonds. The van der Waals surface area contributed by atoms with Crippen molar-refractivity contribution >= 4 is 16.7 Å². The number of hydrogen-bond acceptors (Lipinski definition) is 3. The Labute approximate surface area is 118 Å². The lowest BCUT2D eigenvalue weighted by molar-refractivity contribution is -0.122. The molecule has 2 aromatic rings. The van der Waals surface area contributed by atoms with Crippen molar-refractivity contribution in [2.24, 2.45) is 11.5 Å². The van der Waals surface area contributed by atoms with Gasteiger partial charge in [-0.1, -0.05) is 36.4 Å². The predicted octanol–water partition coefficient (Wildman–Crippen LogP) is 2.20. The van der Waals surface area contributed by atoms with E-state index < -0.39 is 11.4 Å². The number of hydrogen-bond donors (Lipinski definition) is 2. The molecule has 1 unspecified atom stereocenters. The van der Waals surface area contributed by atoms with Gasteiger partial charge in [0.05, 0.1) is 12.1 Å². The lowest BCUT2D eigenvalue weighted by Crippen LogP contribution is -2.49. The Morgan fingerprint density at radius 1 is 1.20 bits per heavy atom. The fraction of sp³-hybridized carbons (Fsp3) is 0.312. The van der Waals surface area contributed by atoms with E-state index in [-0.39, 0.29) is 0 Å². The molecular weight excluding hydrogens is 252 g/mol. The van der Waals surface area contributed by atoms with Gasteiger partial charge in [-0.15, -0.1) is 0 Å². The Hall–Kier alpha value is -2.07. The number of carbonyl (C=O) groups is 1. The minimum absolute atomic E-state index is 0.484. The molecule has 0 spiro atoms. The molecule has 0 aliphatic carbocycles. The van der Waals surface area contributed by atoms with Crippen LogP contribution in [0.15, 0.2) is 42.5 Å². The zero-order valence-electron chi connectivity index (χ0n) is 11.6. The maximum atomic E-state index is 11.1. The number of nitrogens with two attached hydrogens (primary N) is 2. The van der Waals surface area contributed by atoms with Crippen LogP contribution >= 0.6 is 0 Å². The van der Waals surface area contributed by atoms with Gasteiger partial charge in [-0.25, -0.2) is 0 Å². The maximum absolute atomic E-state index is 11.1. The highest BCUT2D eigenvalue weighted by molar-refractivity contribution is 5.88. The van der Waals surface area contributed by atoms with Gasteiger partial charge in [-0.2, -0.15) is 0 Å². The second-order valence-corrected chi connectivity index (χ2v) is 5.21. The van der Waals surface area contributed by atoms with E-state index in [1.165, 1.54) is 0 Å². The van der Waals surface area contributed by atoms with E-state index in [4.69, 9.17) is 16.2 Å². The highest BCUT2D eigenvalue weighted by Gasteiger charge is 2.24. The Balaban J connectivity index is 1.95. The lowest BCUT2D eigenvalue weighted by atomic mass is 9.97. The largest absolute Gasteiger partial charge is 0.493 e. The molecule has 0 aliphatic heterocycles. The van der Waals surface area contributed by atoms with Crippen LogP contribution < -0.4 is 16.2 Å². The minimum Gasteiger partial charge on any atom is -0.493 e. The number of carbonyl (C=O) groups excluding carboxylic acids is 1. The second kappa shape index (κ2) is 5.92. The van der Waals surface area contributed by atoms with E-state index in [1.807, 2.05) is 42.5 Å². The molecule has 4 nitrogen and oxygen atoms in total. The van der Waals surface area contributed by atoms with Gasteiger partial charge in [0, 0.05) is 5.39 Å². The molecule has 2 rings (SSSR count). The van der Waals surface area contributed by atoms with Gasteiger partial charge in [0.1, 0.15) is 5.75 Å². The van der Waals surface area contributed by atoms with Gasteiger partial charge in [-0.05, 0) is 31.2 Å². The standard InChI is InChI=1S/C16H20N2O2/c1-16(18,15(17)19)10-5-11-20-14-9-4-7-12-6-2-3-8-13(12)14/h2-4,6-9H,5,10-11,18H2,1H3,(H2,17,19). The van der Waals surface area contributed by atoms with Crippen LogP contribution in [0.3, 0.4) is 0 Å². The first-order valence-electron chi connectivity index (χ1n) is 6.70. The molecule has 4 N–H and O–H groups in total. The highest BCUT2D eigenvalue weighted by atomic mass is 16.5.